The number of carbonyl (C=O) groups excluding carboxylic acids is 2. The number of carbonyl (C=O) groups is 2. The minimum Gasteiger partial charge on any atom is -0.497 e. The van der Waals surface area contributed by atoms with Gasteiger partial charge in [-0.25, -0.2) is 4.98 Å². The summed E-state index contributed by atoms with van der Waals surface area (Å²) in [6.07, 6.45) is 10.2. The number of nitrogens with zero attached hydrogens (tertiary/aromatic N) is 2. The Morgan fingerprint density at radius 1 is 1.10 bits per heavy atom. The number of aromatic nitrogens is 1. The topological polar surface area (TPSA) is 71.5 Å². The van der Waals surface area contributed by atoms with Crippen LogP contribution in [0.4, 0.5) is 5.82 Å². The lowest BCUT2D eigenvalue weighted by Crippen LogP contribution is -2.35. The van der Waals surface area contributed by atoms with Gasteiger partial charge in [-0.3, -0.25) is 9.59 Å². The molecule has 1 aromatic carbocycles. The maximum atomic E-state index is 12.6. The molecule has 0 spiro atoms. The largest absolute Gasteiger partial charge is 0.497 e. The van der Waals surface area contributed by atoms with Gasteiger partial charge in [0.2, 0.25) is 11.8 Å². The van der Waals surface area contributed by atoms with Crippen LogP contribution in [0.2, 0.25) is 0 Å². The average Bonchev–Trinajstić information content (AvgIpc) is 2.78. The van der Waals surface area contributed by atoms with E-state index in [9.17, 15) is 9.59 Å². The van der Waals surface area contributed by atoms with E-state index in [1.165, 1.54) is 5.57 Å². The van der Waals surface area contributed by atoms with Crippen molar-refractivity contribution in [2.75, 3.05) is 25.5 Å². The van der Waals surface area contributed by atoms with Crippen LogP contribution in [0.25, 0.3) is 12.2 Å². The normalized spacial score (nSPS) is 16.2. The number of piperidine rings is 1. The summed E-state index contributed by atoms with van der Waals surface area (Å²) in [5.41, 5.74) is 4.39. The number of likely N-dealkylation sites (tertiary alicyclic amines) is 1. The van der Waals surface area contributed by atoms with Crippen LogP contribution in [0.5, 0.6) is 5.75 Å². The standard InChI is InChI=1S/C24H25N3O3/c1-30-21-6-2-17(3-7-21)14-18-10-12-27(13-11-18)23(29)9-4-19-15-20-5-8-22(28)26-24(20)25-16-19/h2-4,6-7,9,14-16H,5,8,10-13H2,1H3,(H,25,26,28)/b9-4+. The molecule has 0 aliphatic carbocycles. The molecule has 0 saturated carbocycles. The zero-order chi connectivity index (χ0) is 20.9. The number of anilines is 1. The van der Waals surface area contributed by atoms with E-state index in [0.717, 1.165) is 48.4 Å². The number of benzene rings is 1. The van der Waals surface area contributed by atoms with Crippen LogP contribution in [0.15, 0.2) is 48.2 Å². The van der Waals surface area contributed by atoms with Crippen molar-refractivity contribution in [3.8, 4) is 5.75 Å². The van der Waals surface area contributed by atoms with Gasteiger partial charge in [-0.1, -0.05) is 23.8 Å². The fraction of sp³-hybridized carbons (Fsp3) is 0.292. The van der Waals surface area contributed by atoms with Gasteiger partial charge < -0.3 is 15.0 Å². The second-order valence-electron chi connectivity index (χ2n) is 7.56. The summed E-state index contributed by atoms with van der Waals surface area (Å²) < 4.78 is 5.19. The molecule has 2 aliphatic rings. The number of ether oxygens (including phenoxy) is 1. The third-order valence-electron chi connectivity index (χ3n) is 5.49. The third kappa shape index (κ3) is 4.76. The van der Waals surface area contributed by atoms with E-state index in [2.05, 4.69) is 16.4 Å². The van der Waals surface area contributed by atoms with Gasteiger partial charge >= 0.3 is 0 Å². The van der Waals surface area contributed by atoms with Crippen LogP contribution in [0.3, 0.4) is 0 Å². The maximum absolute atomic E-state index is 12.6. The highest BCUT2D eigenvalue weighted by Crippen LogP contribution is 2.23. The molecule has 0 radical (unpaired) electrons. The molecular formula is C24H25N3O3. The van der Waals surface area contributed by atoms with Crippen molar-refractivity contribution < 1.29 is 14.3 Å². The minimum atomic E-state index is -0.000946. The molecule has 2 aromatic rings. The number of hydrogen-bond donors (Lipinski definition) is 1. The first-order chi connectivity index (χ1) is 14.6. The van der Waals surface area contributed by atoms with E-state index in [1.807, 2.05) is 35.2 Å². The van der Waals surface area contributed by atoms with Gasteiger partial charge in [-0.15, -0.1) is 0 Å². The molecule has 1 saturated heterocycles. The summed E-state index contributed by atoms with van der Waals surface area (Å²) in [6, 6.07) is 9.99. The van der Waals surface area contributed by atoms with Gasteiger partial charge in [0.05, 0.1) is 7.11 Å². The van der Waals surface area contributed by atoms with Gasteiger partial charge in [0.25, 0.3) is 0 Å². The van der Waals surface area contributed by atoms with Crippen LogP contribution >= 0.6 is 0 Å². The van der Waals surface area contributed by atoms with Gasteiger partial charge in [0, 0.05) is 31.8 Å². The lowest BCUT2D eigenvalue weighted by molar-refractivity contribution is -0.126. The van der Waals surface area contributed by atoms with Crippen molar-refractivity contribution in [3.63, 3.8) is 0 Å². The zero-order valence-electron chi connectivity index (χ0n) is 17.1. The number of hydrogen-bond acceptors (Lipinski definition) is 4. The Morgan fingerprint density at radius 2 is 1.87 bits per heavy atom. The van der Waals surface area contributed by atoms with Crippen molar-refractivity contribution in [1.29, 1.82) is 0 Å². The van der Waals surface area contributed by atoms with Crippen molar-refractivity contribution in [1.82, 2.24) is 9.88 Å². The second-order valence-corrected chi connectivity index (χ2v) is 7.56. The molecule has 154 valence electrons. The predicted octanol–water partition coefficient (Wildman–Crippen LogP) is 3.69. The Hall–Kier alpha value is -3.41. The number of rotatable bonds is 4. The quantitative estimate of drug-likeness (QED) is 0.791. The Morgan fingerprint density at radius 3 is 2.60 bits per heavy atom. The molecule has 1 aromatic heterocycles. The predicted molar refractivity (Wildman–Crippen MR) is 117 cm³/mol. The van der Waals surface area contributed by atoms with E-state index in [0.29, 0.717) is 18.7 Å². The molecule has 0 unspecified atom stereocenters. The molecule has 0 bridgehead atoms. The fourth-order valence-corrected chi connectivity index (χ4v) is 3.73. The van der Waals surface area contributed by atoms with E-state index >= 15 is 0 Å². The van der Waals surface area contributed by atoms with Crippen LogP contribution in [-0.4, -0.2) is 41.9 Å². The first kappa shape index (κ1) is 19.9. The number of fused-ring (bicyclic) bond motifs is 1. The first-order valence-electron chi connectivity index (χ1n) is 10.2. The number of amides is 2. The summed E-state index contributed by atoms with van der Waals surface area (Å²) in [4.78, 5) is 30.2. The van der Waals surface area contributed by atoms with Crippen molar-refractivity contribution >= 4 is 29.8 Å². The highest BCUT2D eigenvalue weighted by atomic mass is 16.5. The summed E-state index contributed by atoms with van der Waals surface area (Å²) in [5.74, 6) is 1.49. The molecular weight excluding hydrogens is 378 g/mol. The molecule has 6 heteroatoms. The fourth-order valence-electron chi connectivity index (χ4n) is 3.73. The molecule has 1 fully saturated rings. The highest BCUT2D eigenvalue weighted by Gasteiger charge is 2.18. The lowest BCUT2D eigenvalue weighted by atomic mass is 10.0. The Labute approximate surface area is 176 Å². The van der Waals surface area contributed by atoms with Gasteiger partial charge in [0.15, 0.2) is 0 Å². The molecule has 4 rings (SSSR count). The lowest BCUT2D eigenvalue weighted by Gasteiger charge is -2.27. The van der Waals surface area contributed by atoms with Crippen LogP contribution in [-0.2, 0) is 16.0 Å². The SMILES string of the molecule is COc1ccc(C=C2CCN(C(=O)/C=C/c3cnc4c(c3)CCC(=O)N4)CC2)cc1. The molecule has 30 heavy (non-hydrogen) atoms. The van der Waals surface area contributed by atoms with E-state index in [-0.39, 0.29) is 11.8 Å². The number of methoxy groups -OCH3 is 1. The number of pyridine rings is 1. The Balaban J connectivity index is 1.33. The summed E-state index contributed by atoms with van der Waals surface area (Å²) in [5, 5.41) is 2.77. The van der Waals surface area contributed by atoms with Gasteiger partial charge in [-0.05, 0) is 60.2 Å². The Bertz CT molecular complexity index is 999. The highest BCUT2D eigenvalue weighted by molar-refractivity contribution is 5.94. The maximum Gasteiger partial charge on any atom is 0.246 e. The minimum absolute atomic E-state index is 0.000946. The van der Waals surface area contributed by atoms with Gasteiger partial charge in [0.1, 0.15) is 11.6 Å². The van der Waals surface area contributed by atoms with Crippen LogP contribution in [0.1, 0.15) is 36.0 Å². The third-order valence-corrected chi connectivity index (χ3v) is 5.49. The number of nitrogens with one attached hydrogen (secondary N) is 1. The monoisotopic (exact) mass is 403 g/mol. The van der Waals surface area contributed by atoms with E-state index in [1.54, 1.807) is 25.5 Å². The number of aryl methyl sites for hydroxylation is 1. The first-order valence-corrected chi connectivity index (χ1v) is 10.2. The summed E-state index contributed by atoms with van der Waals surface area (Å²) in [6.45, 7) is 1.44. The molecule has 3 heterocycles. The molecule has 0 atom stereocenters. The average molecular weight is 403 g/mol. The molecule has 2 aliphatic heterocycles. The van der Waals surface area contributed by atoms with Crippen LogP contribution < -0.4 is 10.1 Å². The summed E-state index contributed by atoms with van der Waals surface area (Å²) in [7, 11) is 1.66. The van der Waals surface area contributed by atoms with Crippen LogP contribution in [0, 0.1) is 0 Å². The molecule has 6 nitrogen and oxygen atoms in total. The van der Waals surface area contributed by atoms with Gasteiger partial charge in [-0.2, -0.15) is 0 Å². The van der Waals surface area contributed by atoms with Crippen molar-refractivity contribution in [2.24, 2.45) is 0 Å². The molecule has 2 amide bonds. The Kier molecular flexibility index (Phi) is 5.93. The second kappa shape index (κ2) is 8.95. The zero-order valence-corrected chi connectivity index (χ0v) is 17.1. The van der Waals surface area contributed by atoms with Crippen molar-refractivity contribution in [3.05, 3.63) is 64.9 Å². The smallest absolute Gasteiger partial charge is 0.246 e. The van der Waals surface area contributed by atoms with Crippen molar-refractivity contribution in [2.45, 2.75) is 25.7 Å². The molecule has 1 N–H and O–H groups in total. The summed E-state index contributed by atoms with van der Waals surface area (Å²) >= 11 is 0. The van der Waals surface area contributed by atoms with E-state index in [4.69, 9.17) is 4.74 Å². The van der Waals surface area contributed by atoms with E-state index < -0.39 is 0 Å².